The van der Waals surface area contributed by atoms with Crippen LogP contribution in [-0.4, -0.2) is 11.9 Å². The predicted molar refractivity (Wildman–Crippen MR) is 62.2 cm³/mol. The molecule has 0 saturated carbocycles. The largest absolute Gasteiger partial charge is 0.352 e. The van der Waals surface area contributed by atoms with Crippen LogP contribution in [0, 0.1) is 18.3 Å². The van der Waals surface area contributed by atoms with Gasteiger partial charge in [-0.1, -0.05) is 19.1 Å². The molecule has 2 heteroatoms. The summed E-state index contributed by atoms with van der Waals surface area (Å²) in [5.41, 5.74) is 0. The summed E-state index contributed by atoms with van der Waals surface area (Å²) < 4.78 is 0. The Morgan fingerprint density at radius 1 is 1.67 bits per heavy atom. The highest BCUT2D eigenvalue weighted by Crippen LogP contribution is 2.18. The van der Waals surface area contributed by atoms with Crippen LogP contribution in [0.1, 0.15) is 39.0 Å². The van der Waals surface area contributed by atoms with E-state index < -0.39 is 0 Å². The van der Waals surface area contributed by atoms with Crippen LogP contribution < -0.4 is 5.32 Å². The molecule has 0 aromatic heterocycles. The van der Waals surface area contributed by atoms with Gasteiger partial charge >= 0.3 is 0 Å². The molecule has 1 rings (SSSR count). The third kappa shape index (κ3) is 3.79. The molecule has 0 heterocycles. The van der Waals surface area contributed by atoms with Crippen molar-refractivity contribution >= 4 is 5.91 Å². The number of terminal acetylenes is 1. The molecule has 1 aliphatic carbocycles. The van der Waals surface area contributed by atoms with Gasteiger partial charge in [0.2, 0.25) is 5.91 Å². The van der Waals surface area contributed by atoms with E-state index in [9.17, 15) is 4.79 Å². The molecule has 0 radical (unpaired) electrons. The molecule has 0 aromatic carbocycles. The summed E-state index contributed by atoms with van der Waals surface area (Å²) in [6.45, 7) is 2.04. The number of rotatable bonds is 4. The SMILES string of the molecule is C#CCC(CC)NC(=O)C1CC=CCC1. The summed E-state index contributed by atoms with van der Waals surface area (Å²) >= 11 is 0. The van der Waals surface area contributed by atoms with Crippen LogP contribution in [-0.2, 0) is 4.79 Å². The van der Waals surface area contributed by atoms with E-state index in [1.54, 1.807) is 0 Å². The van der Waals surface area contributed by atoms with Crippen molar-refractivity contribution < 1.29 is 4.79 Å². The lowest BCUT2D eigenvalue weighted by Gasteiger charge is -2.21. The quantitative estimate of drug-likeness (QED) is 0.553. The Kier molecular flexibility index (Phi) is 4.97. The van der Waals surface area contributed by atoms with Crippen molar-refractivity contribution in [1.29, 1.82) is 0 Å². The van der Waals surface area contributed by atoms with Crippen molar-refractivity contribution in [3.8, 4) is 12.3 Å². The van der Waals surface area contributed by atoms with Crippen molar-refractivity contribution in [3.63, 3.8) is 0 Å². The van der Waals surface area contributed by atoms with Gasteiger partial charge in [-0.25, -0.2) is 0 Å². The number of carbonyl (C=O) groups is 1. The molecule has 1 aliphatic rings. The van der Waals surface area contributed by atoms with Crippen molar-refractivity contribution in [3.05, 3.63) is 12.2 Å². The fraction of sp³-hybridized carbons (Fsp3) is 0.615. The van der Waals surface area contributed by atoms with E-state index in [1.807, 2.05) is 6.92 Å². The minimum atomic E-state index is 0.147. The number of hydrogen-bond donors (Lipinski definition) is 1. The molecular weight excluding hydrogens is 186 g/mol. The molecule has 15 heavy (non-hydrogen) atoms. The number of allylic oxidation sites excluding steroid dienone is 2. The van der Waals surface area contributed by atoms with Gasteiger partial charge in [0.05, 0.1) is 0 Å². The topological polar surface area (TPSA) is 29.1 Å². The maximum atomic E-state index is 11.8. The lowest BCUT2D eigenvalue weighted by molar-refractivity contribution is -0.125. The first-order valence-electron chi connectivity index (χ1n) is 5.66. The Hall–Kier alpha value is -1.23. The van der Waals surface area contributed by atoms with E-state index in [4.69, 9.17) is 6.42 Å². The zero-order valence-corrected chi connectivity index (χ0v) is 9.33. The molecule has 0 spiro atoms. The standard InChI is InChI=1S/C13H19NO/c1-3-8-12(4-2)14-13(15)11-9-6-5-7-10-11/h1,5-6,11-12H,4,7-10H2,2H3,(H,14,15). The summed E-state index contributed by atoms with van der Waals surface area (Å²) in [6.07, 6.45) is 13.9. The van der Waals surface area contributed by atoms with Crippen molar-refractivity contribution in [2.75, 3.05) is 0 Å². The number of amides is 1. The minimum absolute atomic E-state index is 0.147. The molecule has 0 saturated heterocycles. The van der Waals surface area contributed by atoms with Crippen molar-refractivity contribution in [2.45, 2.75) is 45.1 Å². The first kappa shape index (κ1) is 11.8. The first-order valence-corrected chi connectivity index (χ1v) is 5.66. The van der Waals surface area contributed by atoms with Crippen LogP contribution in [0.2, 0.25) is 0 Å². The summed E-state index contributed by atoms with van der Waals surface area (Å²) in [4.78, 5) is 11.8. The third-order valence-corrected chi connectivity index (χ3v) is 2.84. The lowest BCUT2D eigenvalue weighted by Crippen LogP contribution is -2.38. The van der Waals surface area contributed by atoms with Crippen LogP contribution in [0.4, 0.5) is 0 Å². The summed E-state index contributed by atoms with van der Waals surface area (Å²) in [5.74, 6) is 2.92. The Labute approximate surface area is 92.1 Å². The van der Waals surface area contributed by atoms with E-state index in [1.165, 1.54) is 0 Å². The van der Waals surface area contributed by atoms with Crippen LogP contribution >= 0.6 is 0 Å². The van der Waals surface area contributed by atoms with Gasteiger partial charge in [0.15, 0.2) is 0 Å². The zero-order valence-electron chi connectivity index (χ0n) is 9.33. The normalized spacial score (nSPS) is 21.7. The van der Waals surface area contributed by atoms with Gasteiger partial charge in [-0.05, 0) is 25.7 Å². The minimum Gasteiger partial charge on any atom is -0.352 e. The van der Waals surface area contributed by atoms with Gasteiger partial charge < -0.3 is 5.32 Å². The second kappa shape index (κ2) is 6.29. The van der Waals surface area contributed by atoms with Gasteiger partial charge in [0.25, 0.3) is 0 Å². The zero-order chi connectivity index (χ0) is 11.1. The van der Waals surface area contributed by atoms with Crippen LogP contribution in [0.15, 0.2) is 12.2 Å². The highest BCUT2D eigenvalue weighted by atomic mass is 16.1. The number of nitrogens with one attached hydrogen (secondary N) is 1. The fourth-order valence-electron chi connectivity index (χ4n) is 1.79. The average molecular weight is 205 g/mol. The Balaban J connectivity index is 2.39. The molecule has 1 N–H and O–H groups in total. The predicted octanol–water partition coefficient (Wildman–Crippen LogP) is 2.26. The van der Waals surface area contributed by atoms with E-state index in [0.717, 1.165) is 25.7 Å². The highest BCUT2D eigenvalue weighted by Gasteiger charge is 2.20. The molecular formula is C13H19NO. The Morgan fingerprint density at radius 3 is 3.00 bits per heavy atom. The second-order valence-corrected chi connectivity index (χ2v) is 4.00. The average Bonchev–Trinajstić information content (AvgIpc) is 2.29. The molecule has 1 amide bonds. The maximum absolute atomic E-state index is 11.8. The smallest absolute Gasteiger partial charge is 0.223 e. The van der Waals surface area contributed by atoms with Gasteiger partial charge in [-0.3, -0.25) is 4.79 Å². The maximum Gasteiger partial charge on any atom is 0.223 e. The van der Waals surface area contributed by atoms with Crippen molar-refractivity contribution in [1.82, 2.24) is 5.32 Å². The molecule has 0 bridgehead atoms. The lowest BCUT2D eigenvalue weighted by atomic mass is 9.93. The molecule has 2 nitrogen and oxygen atoms in total. The Morgan fingerprint density at radius 2 is 2.47 bits per heavy atom. The van der Waals surface area contributed by atoms with E-state index in [-0.39, 0.29) is 17.9 Å². The van der Waals surface area contributed by atoms with Crippen LogP contribution in [0.3, 0.4) is 0 Å². The van der Waals surface area contributed by atoms with Crippen LogP contribution in [0.5, 0.6) is 0 Å². The summed E-state index contributed by atoms with van der Waals surface area (Å²) in [7, 11) is 0. The molecule has 2 unspecified atom stereocenters. The monoisotopic (exact) mass is 205 g/mol. The number of hydrogen-bond acceptors (Lipinski definition) is 1. The highest BCUT2D eigenvalue weighted by molar-refractivity contribution is 5.79. The van der Waals surface area contributed by atoms with E-state index in [2.05, 4.69) is 23.4 Å². The summed E-state index contributed by atoms with van der Waals surface area (Å²) in [5, 5.41) is 3.02. The number of carbonyl (C=O) groups excluding carboxylic acids is 1. The third-order valence-electron chi connectivity index (χ3n) is 2.84. The molecule has 0 aromatic rings. The first-order chi connectivity index (χ1) is 7.27. The molecule has 2 atom stereocenters. The van der Waals surface area contributed by atoms with Crippen LogP contribution in [0.25, 0.3) is 0 Å². The Bertz CT molecular complexity index is 275. The summed E-state index contributed by atoms with van der Waals surface area (Å²) in [6, 6.07) is 0.147. The van der Waals surface area contributed by atoms with E-state index in [0.29, 0.717) is 6.42 Å². The van der Waals surface area contributed by atoms with Gasteiger partial charge in [-0.2, -0.15) is 0 Å². The van der Waals surface area contributed by atoms with Gasteiger partial charge in [-0.15, -0.1) is 12.3 Å². The molecule has 0 aliphatic heterocycles. The van der Waals surface area contributed by atoms with E-state index >= 15 is 0 Å². The second-order valence-electron chi connectivity index (χ2n) is 4.00. The van der Waals surface area contributed by atoms with Crippen molar-refractivity contribution in [2.24, 2.45) is 5.92 Å². The van der Waals surface area contributed by atoms with Gasteiger partial charge in [0.1, 0.15) is 0 Å². The fourth-order valence-corrected chi connectivity index (χ4v) is 1.79. The molecule has 0 fully saturated rings. The van der Waals surface area contributed by atoms with Gasteiger partial charge in [0, 0.05) is 18.4 Å². The molecule has 82 valence electrons.